The lowest BCUT2D eigenvalue weighted by Crippen LogP contribution is -2.32. The zero-order chi connectivity index (χ0) is 20.0. The molecule has 0 aliphatic carbocycles. The van der Waals surface area contributed by atoms with Gasteiger partial charge in [-0.25, -0.2) is 21.1 Å². The molecule has 144 valence electrons. The molecule has 1 N–H and O–H groups in total. The lowest BCUT2D eigenvalue weighted by Gasteiger charge is -2.17. The second-order valence-corrected chi connectivity index (χ2v) is 10.8. The molecule has 0 spiro atoms. The molecule has 0 unspecified atom stereocenters. The fourth-order valence-corrected chi connectivity index (χ4v) is 6.14. The smallest absolute Gasteiger partial charge is 0.261 e. The molecule has 10 heteroatoms. The van der Waals surface area contributed by atoms with Crippen molar-refractivity contribution in [1.82, 2.24) is 0 Å². The number of nitrogens with one attached hydrogen (secondary N) is 1. The van der Waals surface area contributed by atoms with E-state index in [1.54, 1.807) is 32.0 Å². The second kappa shape index (κ2) is 6.50. The average molecular weight is 429 g/mol. The van der Waals surface area contributed by atoms with E-state index in [9.17, 15) is 21.6 Å². The van der Waals surface area contributed by atoms with Gasteiger partial charge >= 0.3 is 0 Å². The Labute approximate surface area is 163 Å². The van der Waals surface area contributed by atoms with Crippen molar-refractivity contribution in [3.8, 4) is 0 Å². The first kappa shape index (κ1) is 19.7. The van der Waals surface area contributed by atoms with Crippen LogP contribution in [0.1, 0.15) is 13.8 Å². The standard InChI is InChI=1S/C17H17ClN2O5S2/c1-17(2)11-26(22,23)20(16(17)21)14-6-8-15(9-7-14)27(24,25)19-13-5-3-4-12(18)10-13/h3-10,19H,11H2,1-2H3. The van der Waals surface area contributed by atoms with Crippen molar-refractivity contribution < 1.29 is 21.6 Å². The number of anilines is 2. The molecule has 1 saturated heterocycles. The maximum Gasteiger partial charge on any atom is 0.261 e. The number of nitrogens with zero attached hydrogens (tertiary/aromatic N) is 1. The van der Waals surface area contributed by atoms with Gasteiger partial charge in [0.25, 0.3) is 10.0 Å². The minimum absolute atomic E-state index is 0.0745. The third kappa shape index (κ3) is 3.80. The molecule has 1 heterocycles. The van der Waals surface area contributed by atoms with Crippen LogP contribution in [-0.2, 0) is 24.8 Å². The second-order valence-electron chi connectivity index (χ2n) is 6.82. The molecule has 0 radical (unpaired) electrons. The van der Waals surface area contributed by atoms with Crippen LogP contribution in [0.25, 0.3) is 0 Å². The molecular formula is C17H17ClN2O5S2. The summed E-state index contributed by atoms with van der Waals surface area (Å²) in [5.74, 6) is -0.843. The Kier molecular flexibility index (Phi) is 4.73. The molecule has 7 nitrogen and oxygen atoms in total. The van der Waals surface area contributed by atoms with Gasteiger partial charge in [0.1, 0.15) is 0 Å². The molecule has 1 aliphatic heterocycles. The van der Waals surface area contributed by atoms with Crippen LogP contribution in [0.2, 0.25) is 5.02 Å². The van der Waals surface area contributed by atoms with Gasteiger partial charge in [0, 0.05) is 5.02 Å². The SMILES string of the molecule is CC1(C)CS(=O)(=O)N(c2ccc(S(=O)(=O)Nc3cccc(Cl)c3)cc2)C1=O. The molecule has 2 aromatic rings. The van der Waals surface area contributed by atoms with Gasteiger partial charge in [-0.05, 0) is 56.3 Å². The molecule has 0 saturated carbocycles. The summed E-state index contributed by atoms with van der Waals surface area (Å²) >= 11 is 5.85. The molecule has 0 aromatic heterocycles. The number of hydrogen-bond donors (Lipinski definition) is 1. The quantitative estimate of drug-likeness (QED) is 0.806. The molecule has 27 heavy (non-hydrogen) atoms. The Morgan fingerprint density at radius 1 is 1.11 bits per heavy atom. The van der Waals surface area contributed by atoms with E-state index in [2.05, 4.69) is 4.72 Å². The summed E-state index contributed by atoms with van der Waals surface area (Å²) in [5, 5.41) is 0.380. The van der Waals surface area contributed by atoms with Crippen molar-refractivity contribution in [2.24, 2.45) is 5.41 Å². The Bertz CT molecular complexity index is 1110. The summed E-state index contributed by atoms with van der Waals surface area (Å²) in [6, 6.07) is 11.3. The highest BCUT2D eigenvalue weighted by molar-refractivity contribution is 7.94. The third-order valence-corrected chi connectivity index (χ3v) is 7.69. The van der Waals surface area contributed by atoms with E-state index in [1.807, 2.05) is 0 Å². The van der Waals surface area contributed by atoms with Crippen LogP contribution in [0.5, 0.6) is 0 Å². The number of carbonyl (C=O) groups is 1. The Morgan fingerprint density at radius 3 is 2.26 bits per heavy atom. The highest BCUT2D eigenvalue weighted by atomic mass is 35.5. The maximum atomic E-state index is 12.5. The summed E-state index contributed by atoms with van der Waals surface area (Å²) in [4.78, 5) is 12.3. The fraction of sp³-hybridized carbons (Fsp3) is 0.235. The number of hydrogen-bond acceptors (Lipinski definition) is 5. The fourth-order valence-electron chi connectivity index (χ4n) is 2.79. The number of carbonyl (C=O) groups excluding carboxylic acids is 1. The first-order chi connectivity index (χ1) is 12.4. The van der Waals surface area contributed by atoms with E-state index in [4.69, 9.17) is 11.6 Å². The molecule has 3 rings (SSSR count). The van der Waals surface area contributed by atoms with Gasteiger partial charge in [-0.2, -0.15) is 0 Å². The summed E-state index contributed by atoms with van der Waals surface area (Å²) < 4.78 is 52.7. The number of benzene rings is 2. The Balaban J connectivity index is 1.90. The maximum absolute atomic E-state index is 12.5. The predicted octanol–water partition coefficient (Wildman–Crippen LogP) is 2.84. The monoisotopic (exact) mass is 428 g/mol. The normalized spacial score (nSPS) is 18.5. The van der Waals surface area contributed by atoms with Crippen LogP contribution in [0, 0.1) is 5.41 Å². The first-order valence-corrected chi connectivity index (χ1v) is 11.4. The van der Waals surface area contributed by atoms with Crippen LogP contribution >= 0.6 is 11.6 Å². The zero-order valence-corrected chi connectivity index (χ0v) is 16.9. The van der Waals surface area contributed by atoms with Gasteiger partial charge in [0.2, 0.25) is 15.9 Å². The summed E-state index contributed by atoms with van der Waals surface area (Å²) in [6.07, 6.45) is 0. The molecule has 1 aliphatic rings. The summed E-state index contributed by atoms with van der Waals surface area (Å²) in [6.45, 7) is 3.11. The minimum atomic E-state index is -3.90. The van der Waals surface area contributed by atoms with Gasteiger partial charge in [-0.15, -0.1) is 0 Å². The number of halogens is 1. The summed E-state index contributed by atoms with van der Waals surface area (Å²) in [7, 11) is -7.69. The van der Waals surface area contributed by atoms with E-state index in [-0.39, 0.29) is 16.3 Å². The van der Waals surface area contributed by atoms with Crippen molar-refractivity contribution in [3.05, 3.63) is 53.6 Å². The number of sulfonamides is 2. The van der Waals surface area contributed by atoms with Crippen LogP contribution in [-0.4, -0.2) is 28.5 Å². The predicted molar refractivity (Wildman–Crippen MR) is 104 cm³/mol. The van der Waals surface area contributed by atoms with Gasteiger partial charge in [-0.1, -0.05) is 17.7 Å². The number of amides is 1. The molecule has 1 amide bonds. The van der Waals surface area contributed by atoms with Crippen LogP contribution in [0.4, 0.5) is 11.4 Å². The molecule has 0 atom stereocenters. The lowest BCUT2D eigenvalue weighted by atomic mass is 9.95. The Morgan fingerprint density at radius 2 is 1.74 bits per heavy atom. The molecule has 0 bridgehead atoms. The van der Waals surface area contributed by atoms with Gasteiger partial charge in [0.05, 0.1) is 27.4 Å². The van der Waals surface area contributed by atoms with Crippen molar-refractivity contribution in [2.75, 3.05) is 14.8 Å². The van der Waals surface area contributed by atoms with E-state index in [0.29, 0.717) is 10.7 Å². The molecular weight excluding hydrogens is 412 g/mol. The van der Waals surface area contributed by atoms with E-state index in [1.165, 1.54) is 30.3 Å². The molecule has 2 aromatic carbocycles. The van der Waals surface area contributed by atoms with E-state index in [0.717, 1.165) is 4.31 Å². The summed E-state index contributed by atoms with van der Waals surface area (Å²) in [5.41, 5.74) is -0.629. The topological polar surface area (TPSA) is 101 Å². The van der Waals surface area contributed by atoms with E-state index >= 15 is 0 Å². The van der Waals surface area contributed by atoms with Gasteiger partial charge < -0.3 is 0 Å². The van der Waals surface area contributed by atoms with Crippen LogP contribution < -0.4 is 9.03 Å². The minimum Gasteiger partial charge on any atom is -0.280 e. The Hall–Kier alpha value is -2.10. The zero-order valence-electron chi connectivity index (χ0n) is 14.5. The third-order valence-electron chi connectivity index (χ3n) is 4.04. The van der Waals surface area contributed by atoms with Crippen molar-refractivity contribution in [2.45, 2.75) is 18.7 Å². The highest BCUT2D eigenvalue weighted by Crippen LogP contribution is 2.36. The average Bonchev–Trinajstić information content (AvgIpc) is 2.70. The van der Waals surface area contributed by atoms with Crippen molar-refractivity contribution in [1.29, 1.82) is 0 Å². The highest BCUT2D eigenvalue weighted by Gasteiger charge is 2.49. The number of rotatable bonds is 4. The van der Waals surface area contributed by atoms with Gasteiger partial charge in [0.15, 0.2) is 0 Å². The van der Waals surface area contributed by atoms with Gasteiger partial charge in [-0.3, -0.25) is 9.52 Å². The van der Waals surface area contributed by atoms with Crippen LogP contribution in [0.3, 0.4) is 0 Å². The van der Waals surface area contributed by atoms with Crippen molar-refractivity contribution >= 4 is 48.9 Å². The van der Waals surface area contributed by atoms with E-state index < -0.39 is 31.4 Å². The first-order valence-electron chi connectivity index (χ1n) is 7.88. The van der Waals surface area contributed by atoms with Crippen LogP contribution in [0.15, 0.2) is 53.4 Å². The van der Waals surface area contributed by atoms with Crippen molar-refractivity contribution in [3.63, 3.8) is 0 Å². The largest absolute Gasteiger partial charge is 0.280 e. The molecule has 1 fully saturated rings. The lowest BCUT2D eigenvalue weighted by molar-refractivity contribution is -0.123.